The van der Waals surface area contributed by atoms with Gasteiger partial charge in [0.25, 0.3) is 17.8 Å². The Kier molecular flexibility index (Phi) is 3.44. The highest BCUT2D eigenvalue weighted by molar-refractivity contribution is 6.65. The van der Waals surface area contributed by atoms with Crippen LogP contribution in [0.25, 0.3) is 0 Å². The number of likely N-dealkylation sites (N-methyl/N-ethyl adjacent to an activating group) is 2. The summed E-state index contributed by atoms with van der Waals surface area (Å²) in [5.74, 6) is -0.421. The molecule has 3 amide bonds. The van der Waals surface area contributed by atoms with E-state index in [4.69, 9.17) is 11.6 Å². The maximum atomic E-state index is 13.0. The molecule has 1 atom stereocenters. The lowest BCUT2D eigenvalue weighted by atomic mass is 10.1. The van der Waals surface area contributed by atoms with E-state index in [9.17, 15) is 14.0 Å². The smallest absolute Gasteiger partial charge is 0.269 e. The van der Waals surface area contributed by atoms with E-state index in [0.29, 0.717) is 12.4 Å². The normalized spacial score (nSPS) is 21.5. The standard InChI is InChI=1S/C14H13ClFN4O2/c1-18-11-10(12(21)19(2)14(18)22)20(13(15)17-11)7-8-3-5-9(16)6-4-8/h3-6,10H,7H2,1-2H3/q+1. The van der Waals surface area contributed by atoms with Crippen LogP contribution < -0.4 is 0 Å². The Labute approximate surface area is 131 Å². The molecule has 0 aliphatic carbocycles. The summed E-state index contributed by atoms with van der Waals surface area (Å²) in [6, 6.07) is 4.71. The van der Waals surface area contributed by atoms with Gasteiger partial charge in [-0.15, -0.1) is 0 Å². The Bertz CT molecular complexity index is 729. The largest absolute Gasteiger partial charge is 0.394 e. The number of rotatable bonds is 2. The van der Waals surface area contributed by atoms with Crippen molar-refractivity contribution in [1.29, 1.82) is 0 Å². The fourth-order valence-corrected chi connectivity index (χ4v) is 2.76. The van der Waals surface area contributed by atoms with Crippen molar-refractivity contribution in [2.45, 2.75) is 12.6 Å². The number of urea groups is 1. The first-order chi connectivity index (χ1) is 10.4. The third-order valence-electron chi connectivity index (χ3n) is 3.75. The molecule has 3 rings (SSSR count). The van der Waals surface area contributed by atoms with Crippen molar-refractivity contribution in [3.63, 3.8) is 0 Å². The first kappa shape index (κ1) is 14.6. The van der Waals surface area contributed by atoms with Crippen LogP contribution in [0.3, 0.4) is 0 Å². The van der Waals surface area contributed by atoms with Crippen LogP contribution in [0.2, 0.25) is 0 Å². The van der Waals surface area contributed by atoms with E-state index >= 15 is 0 Å². The number of halogens is 2. The van der Waals surface area contributed by atoms with Gasteiger partial charge in [-0.25, -0.2) is 13.8 Å². The van der Waals surface area contributed by atoms with Gasteiger partial charge < -0.3 is 0 Å². The number of fused-ring (bicyclic) bond motifs is 1. The van der Waals surface area contributed by atoms with Crippen molar-refractivity contribution in [3.05, 3.63) is 35.6 Å². The van der Waals surface area contributed by atoms with Gasteiger partial charge in [0.2, 0.25) is 0 Å². The molecule has 2 aliphatic heterocycles. The van der Waals surface area contributed by atoms with Crippen molar-refractivity contribution in [2.24, 2.45) is 4.99 Å². The molecule has 1 aromatic rings. The fourth-order valence-electron chi connectivity index (χ4n) is 2.51. The van der Waals surface area contributed by atoms with Crippen molar-refractivity contribution in [1.82, 2.24) is 9.80 Å². The lowest BCUT2D eigenvalue weighted by Gasteiger charge is -2.30. The molecule has 1 saturated heterocycles. The van der Waals surface area contributed by atoms with Crippen LogP contribution in [0, 0.1) is 5.82 Å². The number of carbonyl (C=O) groups excluding carboxylic acids is 2. The predicted octanol–water partition coefficient (Wildman–Crippen LogP) is 1.24. The average molecular weight is 324 g/mol. The molecular formula is C14H13ClFN4O2+. The molecule has 114 valence electrons. The first-order valence-electron chi connectivity index (χ1n) is 6.57. The molecule has 0 bridgehead atoms. The zero-order valence-corrected chi connectivity index (χ0v) is 12.7. The molecule has 2 aliphatic rings. The quantitative estimate of drug-likeness (QED) is 0.607. The minimum atomic E-state index is -0.745. The summed E-state index contributed by atoms with van der Waals surface area (Å²) in [5.41, 5.74) is 0.783. The van der Waals surface area contributed by atoms with Gasteiger partial charge in [-0.3, -0.25) is 14.6 Å². The zero-order valence-electron chi connectivity index (χ0n) is 12.0. The summed E-state index contributed by atoms with van der Waals surface area (Å²) in [6.07, 6.45) is 0. The second-order valence-corrected chi connectivity index (χ2v) is 5.47. The van der Waals surface area contributed by atoms with Crippen LogP contribution >= 0.6 is 11.6 Å². The number of amidine groups is 2. The topological polar surface area (TPSA) is 56.0 Å². The van der Waals surface area contributed by atoms with Gasteiger partial charge in [-0.2, -0.15) is 0 Å². The van der Waals surface area contributed by atoms with E-state index in [-0.39, 0.29) is 17.0 Å². The number of imide groups is 1. The number of aliphatic imine (C=N–C) groups is 1. The van der Waals surface area contributed by atoms with Crippen LogP contribution in [0.4, 0.5) is 9.18 Å². The van der Waals surface area contributed by atoms with Gasteiger partial charge in [0.1, 0.15) is 12.4 Å². The monoisotopic (exact) mass is 323 g/mol. The number of hydrogen-bond donors (Lipinski definition) is 0. The molecule has 1 fully saturated rings. The summed E-state index contributed by atoms with van der Waals surface area (Å²) >= 11 is 6.13. The molecule has 8 heteroatoms. The van der Waals surface area contributed by atoms with Crippen molar-refractivity contribution in [2.75, 3.05) is 14.1 Å². The Balaban J connectivity index is 1.93. The number of amides is 3. The zero-order chi connectivity index (χ0) is 16.0. The van der Waals surface area contributed by atoms with Crippen molar-refractivity contribution < 1.29 is 18.6 Å². The Hall–Kier alpha value is -2.28. The lowest BCUT2D eigenvalue weighted by Crippen LogP contribution is -2.61. The summed E-state index contributed by atoms with van der Waals surface area (Å²) in [6.45, 7) is 0.290. The highest BCUT2D eigenvalue weighted by atomic mass is 35.5. The molecule has 1 unspecified atom stereocenters. The van der Waals surface area contributed by atoms with Gasteiger partial charge in [-0.05, 0) is 22.7 Å². The maximum Gasteiger partial charge on any atom is 0.394 e. The molecule has 2 heterocycles. The van der Waals surface area contributed by atoms with E-state index in [2.05, 4.69) is 4.99 Å². The van der Waals surface area contributed by atoms with Crippen LogP contribution in [-0.4, -0.2) is 57.6 Å². The molecule has 1 aromatic carbocycles. The molecule has 0 radical (unpaired) electrons. The molecular weight excluding hydrogens is 311 g/mol. The number of nitrogens with zero attached hydrogens (tertiary/aromatic N) is 4. The molecule has 0 aromatic heterocycles. The van der Waals surface area contributed by atoms with Crippen LogP contribution in [0.5, 0.6) is 0 Å². The molecule has 0 spiro atoms. The van der Waals surface area contributed by atoms with Gasteiger partial charge in [-0.1, -0.05) is 12.1 Å². The fraction of sp³-hybridized carbons (Fsp3) is 0.286. The van der Waals surface area contributed by atoms with Gasteiger partial charge in [0.15, 0.2) is 0 Å². The van der Waals surface area contributed by atoms with Crippen molar-refractivity contribution in [3.8, 4) is 0 Å². The van der Waals surface area contributed by atoms with E-state index in [1.165, 1.54) is 24.1 Å². The Morgan fingerprint density at radius 2 is 1.86 bits per heavy atom. The number of hydrogen-bond acceptors (Lipinski definition) is 3. The molecule has 0 saturated carbocycles. The minimum absolute atomic E-state index is 0.132. The number of benzene rings is 1. The Morgan fingerprint density at radius 1 is 1.23 bits per heavy atom. The lowest BCUT2D eigenvalue weighted by molar-refractivity contribution is -0.549. The van der Waals surface area contributed by atoms with E-state index in [1.807, 2.05) is 0 Å². The first-order valence-corrected chi connectivity index (χ1v) is 6.95. The molecule has 0 N–H and O–H groups in total. The van der Waals surface area contributed by atoms with Gasteiger partial charge in [0, 0.05) is 25.7 Å². The van der Waals surface area contributed by atoms with Crippen LogP contribution in [0.15, 0.2) is 29.3 Å². The average Bonchev–Trinajstić information content (AvgIpc) is 2.82. The van der Waals surface area contributed by atoms with Gasteiger partial charge >= 0.3 is 11.3 Å². The summed E-state index contributed by atoms with van der Waals surface area (Å²) in [5, 5.41) is 0.132. The third-order valence-corrected chi connectivity index (χ3v) is 4.05. The Morgan fingerprint density at radius 3 is 2.50 bits per heavy atom. The third kappa shape index (κ3) is 2.18. The summed E-state index contributed by atoms with van der Waals surface area (Å²) in [7, 11) is 2.96. The van der Waals surface area contributed by atoms with E-state index in [1.54, 1.807) is 23.8 Å². The maximum absolute atomic E-state index is 13.0. The van der Waals surface area contributed by atoms with Gasteiger partial charge in [0.05, 0.1) is 0 Å². The molecule has 22 heavy (non-hydrogen) atoms. The number of carbonyl (C=O) groups is 2. The van der Waals surface area contributed by atoms with E-state index < -0.39 is 12.1 Å². The van der Waals surface area contributed by atoms with Crippen LogP contribution in [-0.2, 0) is 11.3 Å². The van der Waals surface area contributed by atoms with Crippen molar-refractivity contribution >= 4 is 34.7 Å². The SMILES string of the molecule is CN1C(=O)C2C(=NC(Cl)=[N+]2Cc2ccc(F)cc2)N(C)C1=O. The highest BCUT2D eigenvalue weighted by Gasteiger charge is 2.52. The summed E-state index contributed by atoms with van der Waals surface area (Å²) < 4.78 is 14.6. The minimum Gasteiger partial charge on any atom is -0.269 e. The predicted molar refractivity (Wildman–Crippen MR) is 78.4 cm³/mol. The second kappa shape index (κ2) is 5.17. The highest BCUT2D eigenvalue weighted by Crippen LogP contribution is 2.21. The molecule has 6 nitrogen and oxygen atoms in total. The second-order valence-electron chi connectivity index (χ2n) is 5.13. The summed E-state index contributed by atoms with van der Waals surface area (Å²) in [4.78, 5) is 30.8. The van der Waals surface area contributed by atoms with Crippen LogP contribution in [0.1, 0.15) is 5.56 Å². The van der Waals surface area contributed by atoms with E-state index in [0.717, 1.165) is 10.5 Å².